The summed E-state index contributed by atoms with van der Waals surface area (Å²) < 4.78 is 1.01. The van der Waals surface area contributed by atoms with E-state index < -0.39 is 16.4 Å². The molecule has 1 N–H and O–H groups in total. The molecule has 2 rings (SSSR count). The van der Waals surface area contributed by atoms with E-state index in [2.05, 4.69) is 5.32 Å². The van der Waals surface area contributed by atoms with Gasteiger partial charge in [0, 0.05) is 17.0 Å². The molecule has 0 aliphatic rings. The number of hydrogen-bond acceptors (Lipinski definition) is 5. The lowest BCUT2D eigenvalue weighted by Gasteiger charge is -2.10. The molecule has 0 aliphatic carbocycles. The van der Waals surface area contributed by atoms with Gasteiger partial charge in [-0.3, -0.25) is 24.3 Å². The fraction of sp³-hybridized carbons (Fsp3) is 0.143. The number of anilines is 1. The van der Waals surface area contributed by atoms with Crippen molar-refractivity contribution in [2.75, 3.05) is 11.6 Å². The highest BCUT2D eigenvalue weighted by Gasteiger charge is 2.11. The molecule has 1 heterocycles. The lowest BCUT2D eigenvalue weighted by atomic mass is 10.3. The van der Waals surface area contributed by atoms with Crippen molar-refractivity contribution < 1.29 is 9.72 Å². The quantitative estimate of drug-likeness (QED) is 0.517. The first kappa shape index (κ1) is 15.8. The number of rotatable bonds is 5. The summed E-state index contributed by atoms with van der Waals surface area (Å²) in [5.41, 5.74) is -0.0747. The maximum absolute atomic E-state index is 12.0. The number of hydrogen-bond donors (Lipinski definition) is 1. The molecule has 1 aromatic heterocycles. The normalized spacial score (nSPS) is 10.2. The molecular formula is C14H13N3O4S. The van der Waals surface area contributed by atoms with Crippen LogP contribution in [-0.2, 0) is 11.3 Å². The van der Waals surface area contributed by atoms with Crippen molar-refractivity contribution in [3.63, 3.8) is 0 Å². The minimum absolute atomic E-state index is 0.239. The fourth-order valence-electron chi connectivity index (χ4n) is 1.84. The lowest BCUT2D eigenvalue weighted by Crippen LogP contribution is -2.27. The van der Waals surface area contributed by atoms with Gasteiger partial charge in [0.1, 0.15) is 6.54 Å². The molecule has 1 aromatic carbocycles. The molecule has 0 fully saturated rings. The van der Waals surface area contributed by atoms with E-state index >= 15 is 0 Å². The zero-order valence-electron chi connectivity index (χ0n) is 11.7. The Morgan fingerprint density at radius 1 is 1.32 bits per heavy atom. The molecule has 0 spiro atoms. The van der Waals surface area contributed by atoms with E-state index in [4.69, 9.17) is 0 Å². The van der Waals surface area contributed by atoms with Gasteiger partial charge in [-0.05, 0) is 18.4 Å². The van der Waals surface area contributed by atoms with Gasteiger partial charge < -0.3 is 5.32 Å². The van der Waals surface area contributed by atoms with Gasteiger partial charge in [0.2, 0.25) is 5.91 Å². The first-order chi connectivity index (χ1) is 10.5. The molecule has 2 aromatic rings. The van der Waals surface area contributed by atoms with Gasteiger partial charge in [-0.1, -0.05) is 12.1 Å². The second kappa shape index (κ2) is 6.90. The van der Waals surface area contributed by atoms with Gasteiger partial charge in [0.05, 0.1) is 16.8 Å². The third kappa shape index (κ3) is 3.73. The average molecular weight is 319 g/mol. The Balaban J connectivity index is 2.17. The first-order valence-electron chi connectivity index (χ1n) is 6.29. The summed E-state index contributed by atoms with van der Waals surface area (Å²) >= 11 is 1.48. The minimum atomic E-state index is -0.614. The Kier molecular flexibility index (Phi) is 4.95. The summed E-state index contributed by atoms with van der Waals surface area (Å²) in [5.74, 6) is -0.427. The number of nitro groups is 1. The largest absolute Gasteiger partial charge is 0.324 e. The SMILES string of the molecule is CSc1ccccc1NC(=O)Cn1cc([N+](=O)[O-])ccc1=O. The van der Waals surface area contributed by atoms with Crippen LogP contribution in [0.5, 0.6) is 0 Å². The molecule has 0 saturated heterocycles. The molecule has 22 heavy (non-hydrogen) atoms. The number of carbonyl (C=O) groups is 1. The molecule has 0 saturated carbocycles. The van der Waals surface area contributed by atoms with E-state index in [1.165, 1.54) is 11.8 Å². The van der Waals surface area contributed by atoms with E-state index in [1.54, 1.807) is 12.1 Å². The number of nitrogens with one attached hydrogen (secondary N) is 1. The summed E-state index contributed by atoms with van der Waals surface area (Å²) in [4.78, 5) is 34.7. The third-order valence-electron chi connectivity index (χ3n) is 2.87. The van der Waals surface area contributed by atoms with Crippen molar-refractivity contribution in [3.05, 3.63) is 63.1 Å². The fourth-order valence-corrected chi connectivity index (χ4v) is 2.40. The highest BCUT2D eigenvalue weighted by Crippen LogP contribution is 2.24. The summed E-state index contributed by atoms with van der Waals surface area (Å²) in [5, 5.41) is 13.4. The van der Waals surface area contributed by atoms with Crippen molar-refractivity contribution in [1.82, 2.24) is 4.57 Å². The van der Waals surface area contributed by atoms with E-state index in [0.717, 1.165) is 27.8 Å². The number of nitrogens with zero attached hydrogens (tertiary/aromatic N) is 2. The zero-order chi connectivity index (χ0) is 16.1. The summed E-state index contributed by atoms with van der Waals surface area (Å²) in [6.07, 6.45) is 2.94. The molecule has 0 bridgehead atoms. The van der Waals surface area contributed by atoms with E-state index in [1.807, 2.05) is 18.4 Å². The molecule has 0 atom stereocenters. The Bertz CT molecular complexity index is 773. The van der Waals surface area contributed by atoms with Crippen LogP contribution in [0.4, 0.5) is 11.4 Å². The van der Waals surface area contributed by atoms with Crippen molar-refractivity contribution in [2.45, 2.75) is 11.4 Å². The van der Waals surface area contributed by atoms with Crippen LogP contribution < -0.4 is 10.9 Å². The number of benzene rings is 1. The number of thioether (sulfide) groups is 1. The Morgan fingerprint density at radius 2 is 2.05 bits per heavy atom. The number of para-hydroxylation sites is 1. The Hall–Kier alpha value is -2.61. The van der Waals surface area contributed by atoms with Crippen LogP contribution in [0.1, 0.15) is 0 Å². The van der Waals surface area contributed by atoms with Crippen LogP contribution in [0.2, 0.25) is 0 Å². The Labute approximate surface area is 130 Å². The third-order valence-corrected chi connectivity index (χ3v) is 3.67. The van der Waals surface area contributed by atoms with Crippen LogP contribution >= 0.6 is 11.8 Å². The molecule has 0 radical (unpaired) electrons. The van der Waals surface area contributed by atoms with Crippen molar-refractivity contribution >= 4 is 29.0 Å². The molecule has 114 valence electrons. The van der Waals surface area contributed by atoms with E-state index in [-0.39, 0.29) is 12.2 Å². The van der Waals surface area contributed by atoms with Crippen LogP contribution in [0, 0.1) is 10.1 Å². The summed E-state index contributed by atoms with van der Waals surface area (Å²) in [6.45, 7) is -0.288. The minimum Gasteiger partial charge on any atom is -0.324 e. The van der Waals surface area contributed by atoms with Crippen LogP contribution in [-0.4, -0.2) is 21.7 Å². The van der Waals surface area contributed by atoms with Gasteiger partial charge >= 0.3 is 0 Å². The number of amides is 1. The maximum Gasteiger partial charge on any atom is 0.285 e. The molecule has 8 heteroatoms. The molecular weight excluding hydrogens is 306 g/mol. The topological polar surface area (TPSA) is 94.2 Å². The first-order valence-corrected chi connectivity index (χ1v) is 7.51. The van der Waals surface area contributed by atoms with Crippen molar-refractivity contribution in [1.29, 1.82) is 0 Å². The van der Waals surface area contributed by atoms with Gasteiger partial charge in [0.15, 0.2) is 0 Å². The lowest BCUT2D eigenvalue weighted by molar-refractivity contribution is -0.385. The molecule has 0 aliphatic heterocycles. The van der Waals surface area contributed by atoms with Crippen LogP contribution in [0.25, 0.3) is 0 Å². The molecule has 0 unspecified atom stereocenters. The van der Waals surface area contributed by atoms with Crippen LogP contribution in [0.15, 0.2) is 52.3 Å². The van der Waals surface area contributed by atoms with Gasteiger partial charge in [-0.15, -0.1) is 11.8 Å². The van der Waals surface area contributed by atoms with Gasteiger partial charge in [-0.2, -0.15) is 0 Å². The van der Waals surface area contributed by atoms with Crippen LogP contribution in [0.3, 0.4) is 0 Å². The second-order valence-corrected chi connectivity index (χ2v) is 5.21. The predicted molar refractivity (Wildman–Crippen MR) is 84.2 cm³/mol. The Morgan fingerprint density at radius 3 is 2.73 bits per heavy atom. The second-order valence-electron chi connectivity index (χ2n) is 4.36. The number of aromatic nitrogens is 1. The maximum atomic E-state index is 12.0. The van der Waals surface area contributed by atoms with E-state index in [0.29, 0.717) is 5.69 Å². The van der Waals surface area contributed by atoms with Crippen molar-refractivity contribution in [2.24, 2.45) is 0 Å². The summed E-state index contributed by atoms with van der Waals surface area (Å²) in [6, 6.07) is 9.43. The molecule has 1 amide bonds. The smallest absolute Gasteiger partial charge is 0.285 e. The average Bonchev–Trinajstić information content (AvgIpc) is 2.49. The number of pyridine rings is 1. The monoisotopic (exact) mass is 319 g/mol. The summed E-state index contributed by atoms with van der Waals surface area (Å²) in [7, 11) is 0. The van der Waals surface area contributed by atoms with E-state index in [9.17, 15) is 19.7 Å². The standard InChI is InChI=1S/C14H13N3O4S/c1-22-12-5-3-2-4-11(12)15-13(18)9-16-8-10(17(20)21)6-7-14(16)19/h2-8H,9H2,1H3,(H,15,18). The number of carbonyl (C=O) groups excluding carboxylic acids is 1. The predicted octanol–water partition coefficient (Wildman–Crippen LogP) is 2.12. The van der Waals surface area contributed by atoms with Gasteiger partial charge in [-0.25, -0.2) is 0 Å². The zero-order valence-corrected chi connectivity index (χ0v) is 12.5. The van der Waals surface area contributed by atoms with Crippen molar-refractivity contribution in [3.8, 4) is 0 Å². The van der Waals surface area contributed by atoms with Gasteiger partial charge in [0.25, 0.3) is 11.2 Å². The highest BCUT2D eigenvalue weighted by molar-refractivity contribution is 7.98. The highest BCUT2D eigenvalue weighted by atomic mass is 32.2. The molecule has 7 nitrogen and oxygen atoms in total.